The van der Waals surface area contributed by atoms with E-state index in [2.05, 4.69) is 55.3 Å². The van der Waals surface area contributed by atoms with Crippen molar-refractivity contribution >= 4 is 30.1 Å². The Balaban J connectivity index is 0.00000380. The van der Waals surface area contributed by atoms with Gasteiger partial charge in [0.1, 0.15) is 5.54 Å². The third-order valence-electron chi connectivity index (χ3n) is 8.33. The Morgan fingerprint density at radius 1 is 1.08 bits per heavy atom. The number of carbonyl (C=O) groups excluding carboxylic acids is 3. The van der Waals surface area contributed by atoms with E-state index in [0.29, 0.717) is 51.2 Å². The van der Waals surface area contributed by atoms with E-state index in [0.717, 1.165) is 19.5 Å². The Morgan fingerprint density at radius 2 is 1.73 bits per heavy atom. The predicted octanol–water partition coefficient (Wildman–Crippen LogP) is 4.31. The molecule has 0 bridgehead atoms. The molecule has 3 saturated heterocycles. The Kier molecular flexibility index (Phi) is 9.46. The van der Waals surface area contributed by atoms with Gasteiger partial charge in [0.2, 0.25) is 0 Å². The number of imide groups is 1. The summed E-state index contributed by atoms with van der Waals surface area (Å²) >= 11 is 0. The first-order valence-corrected chi connectivity index (χ1v) is 13.8. The first kappa shape index (κ1) is 29.6. The van der Waals surface area contributed by atoms with Crippen molar-refractivity contribution in [2.45, 2.75) is 77.8 Å². The zero-order valence-electron chi connectivity index (χ0n) is 23.2. The molecular weight excluding hydrogens is 488 g/mol. The van der Waals surface area contributed by atoms with E-state index in [4.69, 9.17) is 0 Å². The van der Waals surface area contributed by atoms with Crippen molar-refractivity contribution in [3.8, 4) is 0 Å². The summed E-state index contributed by atoms with van der Waals surface area (Å²) in [4.78, 5) is 46.0. The lowest BCUT2D eigenvalue weighted by Crippen LogP contribution is -2.60. The van der Waals surface area contributed by atoms with Crippen LogP contribution in [0.4, 0.5) is 4.79 Å². The van der Waals surface area contributed by atoms with Gasteiger partial charge in [-0.15, -0.1) is 12.4 Å². The van der Waals surface area contributed by atoms with Crippen LogP contribution >= 0.6 is 12.4 Å². The summed E-state index contributed by atoms with van der Waals surface area (Å²) in [6.07, 6.45) is 2.46. The van der Waals surface area contributed by atoms with Crippen molar-refractivity contribution < 1.29 is 14.4 Å². The molecule has 8 heteroatoms. The van der Waals surface area contributed by atoms with Crippen molar-refractivity contribution in [2.75, 3.05) is 39.3 Å². The number of hydrogen-bond acceptors (Lipinski definition) is 5. The molecule has 3 heterocycles. The second-order valence-electron chi connectivity index (χ2n) is 12.0. The van der Waals surface area contributed by atoms with Crippen LogP contribution < -0.4 is 5.32 Å². The summed E-state index contributed by atoms with van der Waals surface area (Å²) in [5.41, 5.74) is 0.425. The molecule has 1 aromatic rings. The first-order valence-electron chi connectivity index (χ1n) is 13.8. The first-order chi connectivity index (χ1) is 17.1. The normalized spacial score (nSPS) is 25.0. The summed E-state index contributed by atoms with van der Waals surface area (Å²) in [5, 5.41) is 3.56. The van der Waals surface area contributed by atoms with Crippen LogP contribution in [-0.2, 0) is 9.59 Å². The number of nitrogens with one attached hydrogen (secondary N) is 1. The van der Waals surface area contributed by atoms with E-state index in [1.54, 1.807) is 4.90 Å². The van der Waals surface area contributed by atoms with Crippen LogP contribution in [0.5, 0.6) is 0 Å². The zero-order valence-corrected chi connectivity index (χ0v) is 24.0. The number of ketones is 1. The molecule has 37 heavy (non-hydrogen) atoms. The molecule has 206 valence electrons. The second kappa shape index (κ2) is 11.8. The van der Waals surface area contributed by atoms with Crippen molar-refractivity contribution in [3.63, 3.8) is 0 Å². The van der Waals surface area contributed by atoms with Gasteiger partial charge in [0.15, 0.2) is 5.78 Å². The molecule has 0 saturated carbocycles. The highest BCUT2D eigenvalue weighted by molar-refractivity contribution is 6.07. The van der Waals surface area contributed by atoms with Crippen LogP contribution in [0.15, 0.2) is 30.3 Å². The highest BCUT2D eigenvalue weighted by atomic mass is 35.5. The van der Waals surface area contributed by atoms with Gasteiger partial charge in [0.05, 0.1) is 6.04 Å². The van der Waals surface area contributed by atoms with Gasteiger partial charge < -0.3 is 10.2 Å². The molecule has 3 atom stereocenters. The molecule has 1 aromatic carbocycles. The Bertz CT molecular complexity index is 956. The minimum absolute atomic E-state index is 0. The molecule has 1 spiro atoms. The number of rotatable bonds is 8. The zero-order chi connectivity index (χ0) is 26.1. The number of piperidine rings is 1. The Morgan fingerprint density at radius 3 is 2.30 bits per heavy atom. The summed E-state index contributed by atoms with van der Waals surface area (Å²) in [7, 11) is 0. The minimum atomic E-state index is -0.762. The highest BCUT2D eigenvalue weighted by Crippen LogP contribution is 2.41. The van der Waals surface area contributed by atoms with Crippen LogP contribution in [-0.4, -0.2) is 83.3 Å². The lowest BCUT2D eigenvalue weighted by Gasteiger charge is -2.46. The number of urea groups is 1. The fraction of sp³-hybridized carbons (Fsp3) is 0.690. The van der Waals surface area contributed by atoms with Crippen molar-refractivity contribution in [1.29, 1.82) is 0 Å². The monoisotopic (exact) mass is 532 g/mol. The van der Waals surface area contributed by atoms with Gasteiger partial charge in [0.25, 0.3) is 5.91 Å². The fourth-order valence-electron chi connectivity index (χ4n) is 6.73. The SMILES string of the molecule is CCCN1C(=O)N(CC)C2(CCN(C(C(=O)CC(C)(C)C)[C@@H]3CNC[C@@H]3c3ccccc3)CC2)C1=O.Cl. The van der Waals surface area contributed by atoms with Crippen molar-refractivity contribution in [2.24, 2.45) is 11.3 Å². The van der Waals surface area contributed by atoms with E-state index in [9.17, 15) is 14.4 Å². The highest BCUT2D eigenvalue weighted by Gasteiger charge is 2.58. The number of halogens is 1. The average molecular weight is 533 g/mol. The molecule has 3 aliphatic heterocycles. The van der Waals surface area contributed by atoms with E-state index >= 15 is 0 Å². The molecule has 7 nitrogen and oxygen atoms in total. The molecule has 3 aliphatic rings. The van der Waals surface area contributed by atoms with Gasteiger partial charge in [-0.25, -0.2) is 4.79 Å². The molecule has 1 N–H and O–H groups in total. The van der Waals surface area contributed by atoms with Crippen molar-refractivity contribution in [1.82, 2.24) is 20.0 Å². The van der Waals surface area contributed by atoms with E-state index < -0.39 is 5.54 Å². The maximum Gasteiger partial charge on any atom is 0.327 e. The Hall–Kier alpha value is -1.96. The predicted molar refractivity (Wildman–Crippen MR) is 149 cm³/mol. The standard InChI is InChI=1S/C29H44N4O3.ClH/c1-6-15-32-26(35)29(33(7-2)27(32)36)13-16-31(17-14-29)25(24(34)18-28(3,4)5)23-20-30-19-22(23)21-11-9-8-10-12-21;/h8-12,22-23,25,30H,6-7,13-20H2,1-5H3;1H/t22-,23-,25?;/m1./s1. The number of likely N-dealkylation sites (tertiary alicyclic amines) is 1. The number of carbonyl (C=O) groups is 3. The second-order valence-corrected chi connectivity index (χ2v) is 12.0. The largest absolute Gasteiger partial charge is 0.327 e. The maximum absolute atomic E-state index is 13.9. The molecule has 0 aromatic heterocycles. The van der Waals surface area contributed by atoms with Gasteiger partial charge >= 0.3 is 6.03 Å². The number of Topliss-reactive ketones (excluding diaryl/α,β-unsaturated/α-hetero) is 1. The van der Waals surface area contributed by atoms with Gasteiger partial charge in [-0.2, -0.15) is 0 Å². The summed E-state index contributed by atoms with van der Waals surface area (Å²) < 4.78 is 0. The smallest absolute Gasteiger partial charge is 0.316 e. The van der Waals surface area contributed by atoms with E-state index in [1.165, 1.54) is 10.5 Å². The van der Waals surface area contributed by atoms with Gasteiger partial charge in [0, 0.05) is 57.5 Å². The lowest BCUT2D eigenvalue weighted by atomic mass is 9.76. The molecule has 1 unspecified atom stereocenters. The maximum atomic E-state index is 13.9. The number of amides is 3. The van der Waals surface area contributed by atoms with Gasteiger partial charge in [-0.3, -0.25) is 19.4 Å². The van der Waals surface area contributed by atoms with E-state index in [1.807, 2.05) is 19.9 Å². The summed E-state index contributed by atoms with van der Waals surface area (Å²) in [5.74, 6) is 0.703. The lowest BCUT2D eigenvalue weighted by molar-refractivity contribution is -0.137. The van der Waals surface area contributed by atoms with Crippen LogP contribution in [0.1, 0.15) is 71.8 Å². The fourth-order valence-corrected chi connectivity index (χ4v) is 6.73. The van der Waals surface area contributed by atoms with Crippen molar-refractivity contribution in [3.05, 3.63) is 35.9 Å². The summed E-state index contributed by atoms with van der Waals surface area (Å²) in [6.45, 7) is 14.3. The topological polar surface area (TPSA) is 73.0 Å². The third kappa shape index (κ3) is 5.74. The molecule has 3 amide bonds. The average Bonchev–Trinajstić information content (AvgIpc) is 3.38. The van der Waals surface area contributed by atoms with Gasteiger partial charge in [-0.1, -0.05) is 58.0 Å². The quantitative estimate of drug-likeness (QED) is 0.505. The van der Waals surface area contributed by atoms with Crippen LogP contribution in [0, 0.1) is 11.3 Å². The minimum Gasteiger partial charge on any atom is -0.316 e. The van der Waals surface area contributed by atoms with Crippen LogP contribution in [0.3, 0.4) is 0 Å². The van der Waals surface area contributed by atoms with Gasteiger partial charge in [-0.05, 0) is 37.2 Å². The summed E-state index contributed by atoms with van der Waals surface area (Å²) in [6, 6.07) is 10.2. The third-order valence-corrected chi connectivity index (χ3v) is 8.33. The van der Waals surface area contributed by atoms with Crippen LogP contribution in [0.25, 0.3) is 0 Å². The van der Waals surface area contributed by atoms with E-state index in [-0.39, 0.29) is 47.6 Å². The van der Waals surface area contributed by atoms with Crippen LogP contribution in [0.2, 0.25) is 0 Å². The molecule has 3 fully saturated rings. The number of benzene rings is 1. The molecule has 4 rings (SSSR count). The molecular formula is C29H45ClN4O3. The molecule has 0 radical (unpaired) electrons. The number of hydrogen-bond donors (Lipinski definition) is 1. The molecule has 0 aliphatic carbocycles. The Labute approximate surface area is 228 Å². The number of likely N-dealkylation sites (N-methyl/N-ethyl adjacent to an activating group) is 1. The number of nitrogens with zero attached hydrogens (tertiary/aromatic N) is 3.